The highest BCUT2D eigenvalue weighted by Crippen LogP contribution is 2.19. The van der Waals surface area contributed by atoms with Crippen LogP contribution in [0.5, 0.6) is 0 Å². The number of aryl methyl sites for hydroxylation is 2. The van der Waals surface area contributed by atoms with E-state index in [0.717, 1.165) is 36.4 Å². The van der Waals surface area contributed by atoms with Crippen molar-refractivity contribution in [2.24, 2.45) is 0 Å². The van der Waals surface area contributed by atoms with Crippen molar-refractivity contribution in [2.45, 2.75) is 32.7 Å². The molecule has 2 aromatic rings. The molecular formula is C12H16ClN3O. The highest BCUT2D eigenvalue weighted by atomic mass is 35.5. The molecule has 2 heterocycles. The van der Waals surface area contributed by atoms with Gasteiger partial charge in [-0.15, -0.1) is 0 Å². The summed E-state index contributed by atoms with van der Waals surface area (Å²) in [5.74, 6) is 1.02. The smallest absolute Gasteiger partial charge is 0.160 e. The van der Waals surface area contributed by atoms with Gasteiger partial charge in [0, 0.05) is 25.8 Å². The molecule has 5 heteroatoms. The molecule has 17 heavy (non-hydrogen) atoms. The second-order valence-electron chi connectivity index (χ2n) is 4.00. The number of hydrogen-bond donors (Lipinski definition) is 1. The molecule has 0 saturated carbocycles. The van der Waals surface area contributed by atoms with E-state index in [0.29, 0.717) is 11.4 Å². The summed E-state index contributed by atoms with van der Waals surface area (Å²) in [5.41, 5.74) is 1.69. The number of aliphatic hydroxyl groups is 1. The molecule has 0 fully saturated rings. The number of fused-ring (bicyclic) bond motifs is 1. The van der Waals surface area contributed by atoms with E-state index in [1.165, 1.54) is 0 Å². The molecule has 0 aliphatic carbocycles. The molecule has 92 valence electrons. The molecule has 2 rings (SSSR count). The van der Waals surface area contributed by atoms with Gasteiger partial charge in [0.25, 0.3) is 0 Å². The number of hydrogen-bond acceptors (Lipinski definition) is 3. The Morgan fingerprint density at radius 2 is 2.29 bits per heavy atom. The Labute approximate surface area is 105 Å². The Morgan fingerprint density at radius 1 is 1.47 bits per heavy atom. The van der Waals surface area contributed by atoms with Crippen LogP contribution in [0.15, 0.2) is 12.3 Å². The standard InChI is InChI=1S/C12H16ClN3O/c1-2-4-11-15-10-7-9(13)8-14-12(10)16(11)5-3-6-17/h7-8,17H,2-6H2,1H3. The number of aliphatic hydroxyl groups excluding tert-OH is 1. The molecule has 0 bridgehead atoms. The zero-order valence-corrected chi connectivity index (χ0v) is 10.6. The number of aromatic nitrogens is 3. The van der Waals surface area contributed by atoms with Crippen LogP contribution >= 0.6 is 11.6 Å². The van der Waals surface area contributed by atoms with Gasteiger partial charge in [0.1, 0.15) is 11.3 Å². The minimum Gasteiger partial charge on any atom is -0.396 e. The van der Waals surface area contributed by atoms with Gasteiger partial charge >= 0.3 is 0 Å². The molecule has 0 aliphatic rings. The topological polar surface area (TPSA) is 50.9 Å². The van der Waals surface area contributed by atoms with Crippen molar-refractivity contribution in [2.75, 3.05) is 6.61 Å². The molecular weight excluding hydrogens is 238 g/mol. The van der Waals surface area contributed by atoms with Crippen LogP contribution in [0.4, 0.5) is 0 Å². The van der Waals surface area contributed by atoms with Gasteiger partial charge in [-0.05, 0) is 18.9 Å². The van der Waals surface area contributed by atoms with Gasteiger partial charge in [-0.2, -0.15) is 0 Å². The fourth-order valence-corrected chi connectivity index (χ4v) is 2.06. The van der Waals surface area contributed by atoms with Gasteiger partial charge in [-0.1, -0.05) is 18.5 Å². The minimum absolute atomic E-state index is 0.179. The van der Waals surface area contributed by atoms with Gasteiger partial charge in [0.2, 0.25) is 0 Å². The average molecular weight is 254 g/mol. The summed E-state index contributed by atoms with van der Waals surface area (Å²) < 4.78 is 2.07. The van der Waals surface area contributed by atoms with E-state index < -0.39 is 0 Å². The van der Waals surface area contributed by atoms with Crippen molar-refractivity contribution >= 4 is 22.8 Å². The molecule has 0 unspecified atom stereocenters. The maximum Gasteiger partial charge on any atom is 0.160 e. The van der Waals surface area contributed by atoms with E-state index in [2.05, 4.69) is 21.5 Å². The minimum atomic E-state index is 0.179. The molecule has 0 amide bonds. The Bertz CT molecular complexity index is 510. The predicted octanol–water partition coefficient (Wildman–Crippen LogP) is 2.42. The van der Waals surface area contributed by atoms with Crippen molar-refractivity contribution in [1.82, 2.24) is 14.5 Å². The highest BCUT2D eigenvalue weighted by Gasteiger charge is 2.11. The van der Waals surface area contributed by atoms with E-state index in [4.69, 9.17) is 16.7 Å². The van der Waals surface area contributed by atoms with E-state index in [9.17, 15) is 0 Å². The molecule has 0 aromatic carbocycles. The van der Waals surface area contributed by atoms with Crippen LogP contribution in [-0.4, -0.2) is 26.2 Å². The summed E-state index contributed by atoms with van der Waals surface area (Å²) >= 11 is 5.91. The van der Waals surface area contributed by atoms with Gasteiger partial charge in [0.15, 0.2) is 5.65 Å². The number of pyridine rings is 1. The lowest BCUT2D eigenvalue weighted by atomic mass is 10.3. The summed E-state index contributed by atoms with van der Waals surface area (Å²) in [7, 11) is 0. The number of rotatable bonds is 5. The summed E-state index contributed by atoms with van der Waals surface area (Å²) in [6.07, 6.45) is 4.30. The van der Waals surface area contributed by atoms with Crippen LogP contribution in [0.3, 0.4) is 0 Å². The summed E-state index contributed by atoms with van der Waals surface area (Å²) in [4.78, 5) is 8.87. The van der Waals surface area contributed by atoms with E-state index in [1.54, 1.807) is 6.20 Å². The third kappa shape index (κ3) is 2.58. The third-order valence-electron chi connectivity index (χ3n) is 2.64. The normalized spacial score (nSPS) is 11.2. The largest absolute Gasteiger partial charge is 0.396 e. The SMILES string of the molecule is CCCc1nc2cc(Cl)cnc2n1CCCO. The maximum atomic E-state index is 8.93. The first-order valence-corrected chi connectivity index (χ1v) is 6.25. The fraction of sp³-hybridized carbons (Fsp3) is 0.500. The second kappa shape index (κ2) is 5.47. The van der Waals surface area contributed by atoms with Crippen LogP contribution in [0.1, 0.15) is 25.6 Å². The molecule has 4 nitrogen and oxygen atoms in total. The third-order valence-corrected chi connectivity index (χ3v) is 2.85. The Hall–Kier alpha value is -1.13. The number of nitrogens with zero attached hydrogens (tertiary/aromatic N) is 3. The molecule has 0 spiro atoms. The number of halogens is 1. The zero-order valence-electron chi connectivity index (χ0n) is 9.86. The van der Waals surface area contributed by atoms with Crippen LogP contribution < -0.4 is 0 Å². The second-order valence-corrected chi connectivity index (χ2v) is 4.44. The Balaban J connectivity index is 2.46. The van der Waals surface area contributed by atoms with Gasteiger partial charge in [-0.3, -0.25) is 0 Å². The summed E-state index contributed by atoms with van der Waals surface area (Å²) in [5, 5.41) is 9.53. The van der Waals surface area contributed by atoms with Gasteiger partial charge < -0.3 is 9.67 Å². The maximum absolute atomic E-state index is 8.93. The van der Waals surface area contributed by atoms with E-state index in [-0.39, 0.29) is 6.61 Å². The van der Waals surface area contributed by atoms with Crippen molar-refractivity contribution in [3.63, 3.8) is 0 Å². The lowest BCUT2D eigenvalue weighted by molar-refractivity contribution is 0.279. The molecule has 0 atom stereocenters. The molecule has 0 saturated heterocycles. The van der Waals surface area contributed by atoms with Crippen molar-refractivity contribution < 1.29 is 5.11 Å². The van der Waals surface area contributed by atoms with Crippen LogP contribution in [0, 0.1) is 0 Å². The first kappa shape index (κ1) is 12.3. The highest BCUT2D eigenvalue weighted by molar-refractivity contribution is 6.31. The first-order valence-electron chi connectivity index (χ1n) is 5.87. The van der Waals surface area contributed by atoms with Gasteiger partial charge in [0.05, 0.1) is 5.02 Å². The van der Waals surface area contributed by atoms with Crippen LogP contribution in [0.25, 0.3) is 11.2 Å². The zero-order chi connectivity index (χ0) is 12.3. The Kier molecular flexibility index (Phi) is 3.97. The van der Waals surface area contributed by atoms with Gasteiger partial charge in [-0.25, -0.2) is 9.97 Å². The van der Waals surface area contributed by atoms with Crippen LogP contribution in [0.2, 0.25) is 5.02 Å². The van der Waals surface area contributed by atoms with Crippen molar-refractivity contribution in [3.8, 4) is 0 Å². The lowest BCUT2D eigenvalue weighted by Gasteiger charge is -2.06. The number of imidazole rings is 1. The molecule has 0 aliphatic heterocycles. The van der Waals surface area contributed by atoms with E-state index >= 15 is 0 Å². The van der Waals surface area contributed by atoms with E-state index in [1.807, 2.05) is 6.07 Å². The first-order chi connectivity index (χ1) is 8.26. The molecule has 2 aromatic heterocycles. The summed E-state index contributed by atoms with van der Waals surface area (Å²) in [6, 6.07) is 1.83. The quantitative estimate of drug-likeness (QED) is 0.890. The molecule has 1 N–H and O–H groups in total. The predicted molar refractivity (Wildman–Crippen MR) is 68.2 cm³/mol. The van der Waals surface area contributed by atoms with Crippen LogP contribution in [-0.2, 0) is 13.0 Å². The van der Waals surface area contributed by atoms with Crippen molar-refractivity contribution in [1.29, 1.82) is 0 Å². The lowest BCUT2D eigenvalue weighted by Crippen LogP contribution is -2.06. The van der Waals surface area contributed by atoms with Crippen molar-refractivity contribution in [3.05, 3.63) is 23.1 Å². The average Bonchev–Trinajstić information content (AvgIpc) is 2.63. The molecule has 0 radical (unpaired) electrons. The fourth-order valence-electron chi connectivity index (χ4n) is 1.91. The monoisotopic (exact) mass is 253 g/mol. The Morgan fingerprint density at radius 3 is 3.00 bits per heavy atom. The summed E-state index contributed by atoms with van der Waals surface area (Å²) in [6.45, 7) is 3.05.